The molecule has 0 fully saturated rings. The maximum absolute atomic E-state index is 12.3. The van der Waals surface area contributed by atoms with E-state index in [9.17, 15) is 9.90 Å². The van der Waals surface area contributed by atoms with Gasteiger partial charge in [0.15, 0.2) is 11.6 Å². The van der Waals surface area contributed by atoms with E-state index in [0.29, 0.717) is 23.8 Å². The Bertz CT molecular complexity index is 1250. The van der Waals surface area contributed by atoms with Gasteiger partial charge in [-0.15, -0.1) is 0 Å². The zero-order valence-electron chi connectivity index (χ0n) is 17.4. The van der Waals surface area contributed by atoms with Crippen molar-refractivity contribution in [1.82, 2.24) is 29.5 Å². The summed E-state index contributed by atoms with van der Waals surface area (Å²) in [6, 6.07) is 10.7. The van der Waals surface area contributed by atoms with Crippen molar-refractivity contribution in [2.75, 3.05) is 13.2 Å². The van der Waals surface area contributed by atoms with Crippen LogP contribution in [-0.4, -0.2) is 59.1 Å². The maximum Gasteiger partial charge on any atom is 0.267 e. The minimum atomic E-state index is -0.958. The van der Waals surface area contributed by atoms with E-state index in [4.69, 9.17) is 9.84 Å². The Morgan fingerprint density at radius 3 is 2.62 bits per heavy atom. The number of aromatic nitrogens is 6. The first-order chi connectivity index (χ1) is 15.5. The smallest absolute Gasteiger partial charge is 0.267 e. The van der Waals surface area contributed by atoms with E-state index in [-0.39, 0.29) is 18.8 Å². The fourth-order valence-electron chi connectivity index (χ4n) is 3.04. The molecule has 164 valence electrons. The van der Waals surface area contributed by atoms with Crippen LogP contribution in [-0.2, 0) is 13.6 Å². The Morgan fingerprint density at radius 2 is 1.91 bits per heavy atom. The Kier molecular flexibility index (Phi) is 6.34. The summed E-state index contributed by atoms with van der Waals surface area (Å²) in [6.07, 6.45) is 5.59. The van der Waals surface area contributed by atoms with Crippen LogP contribution in [0, 0.1) is 0 Å². The maximum atomic E-state index is 12.3. The third kappa shape index (κ3) is 5.05. The molecule has 0 aliphatic heterocycles. The van der Waals surface area contributed by atoms with Crippen molar-refractivity contribution in [2.24, 2.45) is 7.05 Å². The SMILES string of the molecule is Cn1cc(-c2ccc(=O)n(Cc3cccc(-c4ncc(OCC(O)CO)cn4)c3)n2)cn1. The van der Waals surface area contributed by atoms with Gasteiger partial charge < -0.3 is 14.9 Å². The van der Waals surface area contributed by atoms with Crippen LogP contribution in [0.1, 0.15) is 5.56 Å². The van der Waals surface area contributed by atoms with Gasteiger partial charge in [-0.2, -0.15) is 10.2 Å². The first-order valence-corrected chi connectivity index (χ1v) is 9.92. The summed E-state index contributed by atoms with van der Waals surface area (Å²) in [7, 11) is 1.82. The van der Waals surface area contributed by atoms with E-state index in [1.54, 1.807) is 16.9 Å². The number of nitrogens with zero attached hydrogens (tertiary/aromatic N) is 6. The number of aliphatic hydroxyl groups excluding tert-OH is 2. The summed E-state index contributed by atoms with van der Waals surface area (Å²) in [5, 5.41) is 26.8. The van der Waals surface area contributed by atoms with Gasteiger partial charge in [-0.1, -0.05) is 18.2 Å². The van der Waals surface area contributed by atoms with Crippen molar-refractivity contribution in [3.05, 3.63) is 77.1 Å². The van der Waals surface area contributed by atoms with Crippen molar-refractivity contribution in [3.63, 3.8) is 0 Å². The highest BCUT2D eigenvalue weighted by Crippen LogP contribution is 2.19. The molecule has 0 amide bonds. The van der Waals surface area contributed by atoms with Gasteiger partial charge in [0.2, 0.25) is 0 Å². The summed E-state index contributed by atoms with van der Waals surface area (Å²) in [4.78, 5) is 20.9. The number of ether oxygens (including phenoxy) is 1. The predicted molar refractivity (Wildman–Crippen MR) is 116 cm³/mol. The van der Waals surface area contributed by atoms with Crippen LogP contribution in [0.2, 0.25) is 0 Å². The zero-order chi connectivity index (χ0) is 22.5. The monoisotopic (exact) mass is 434 g/mol. The van der Waals surface area contributed by atoms with Crippen LogP contribution in [0.3, 0.4) is 0 Å². The second-order valence-corrected chi connectivity index (χ2v) is 7.21. The Morgan fingerprint density at radius 1 is 1.09 bits per heavy atom. The third-order valence-electron chi connectivity index (χ3n) is 4.67. The lowest BCUT2D eigenvalue weighted by molar-refractivity contribution is 0.0534. The van der Waals surface area contributed by atoms with Crippen LogP contribution in [0.4, 0.5) is 0 Å². The van der Waals surface area contributed by atoms with Gasteiger partial charge >= 0.3 is 0 Å². The minimum absolute atomic E-state index is 0.0471. The van der Waals surface area contributed by atoms with Crippen LogP contribution in [0.5, 0.6) is 5.75 Å². The molecule has 0 aliphatic rings. The Labute approximate surface area is 183 Å². The number of hydrogen-bond acceptors (Lipinski definition) is 8. The first kappa shape index (κ1) is 21.3. The molecule has 0 bridgehead atoms. The molecular formula is C22H22N6O4. The molecule has 32 heavy (non-hydrogen) atoms. The van der Waals surface area contributed by atoms with Gasteiger partial charge in [0.1, 0.15) is 12.7 Å². The van der Waals surface area contributed by atoms with E-state index < -0.39 is 6.10 Å². The number of rotatable bonds is 8. The average molecular weight is 434 g/mol. The summed E-state index contributed by atoms with van der Waals surface area (Å²) in [6.45, 7) is -0.135. The summed E-state index contributed by atoms with van der Waals surface area (Å²) in [5.74, 6) is 0.881. The minimum Gasteiger partial charge on any atom is -0.488 e. The molecule has 1 unspecified atom stereocenters. The largest absolute Gasteiger partial charge is 0.488 e. The molecule has 0 saturated carbocycles. The number of aryl methyl sites for hydroxylation is 1. The molecule has 1 atom stereocenters. The van der Waals surface area contributed by atoms with E-state index >= 15 is 0 Å². The lowest BCUT2D eigenvalue weighted by atomic mass is 10.1. The molecule has 3 aromatic heterocycles. The number of benzene rings is 1. The lowest BCUT2D eigenvalue weighted by Gasteiger charge is -2.10. The van der Waals surface area contributed by atoms with Crippen molar-refractivity contribution in [2.45, 2.75) is 12.6 Å². The molecule has 10 heteroatoms. The van der Waals surface area contributed by atoms with Crippen molar-refractivity contribution in [1.29, 1.82) is 0 Å². The Balaban J connectivity index is 1.52. The Hall–Kier alpha value is -3.89. The lowest BCUT2D eigenvalue weighted by Crippen LogP contribution is -2.22. The number of hydrogen-bond donors (Lipinski definition) is 2. The van der Waals surface area contributed by atoms with Crippen LogP contribution < -0.4 is 10.3 Å². The standard InChI is InChI=1S/C22H22N6O4/c1-27-12-17(8-25-27)20-5-6-21(31)28(26-20)11-15-3-2-4-16(7-15)22-23-9-19(10-24-22)32-14-18(30)13-29/h2-10,12,18,29-30H,11,13-14H2,1H3. The normalized spacial score (nSPS) is 12.0. The predicted octanol–water partition coefficient (Wildman–Crippen LogP) is 0.881. The van der Waals surface area contributed by atoms with Gasteiger partial charge in [-0.25, -0.2) is 14.6 Å². The van der Waals surface area contributed by atoms with Gasteiger partial charge in [0, 0.05) is 30.4 Å². The average Bonchev–Trinajstić information content (AvgIpc) is 3.25. The molecule has 0 saturated heterocycles. The third-order valence-corrected chi connectivity index (χ3v) is 4.67. The molecule has 2 N–H and O–H groups in total. The molecule has 0 spiro atoms. The van der Waals surface area contributed by atoms with Gasteiger partial charge in [0.25, 0.3) is 5.56 Å². The van der Waals surface area contributed by atoms with E-state index in [2.05, 4.69) is 20.2 Å². The molecule has 1 aromatic carbocycles. The molecule has 10 nitrogen and oxygen atoms in total. The molecular weight excluding hydrogens is 412 g/mol. The summed E-state index contributed by atoms with van der Waals surface area (Å²) < 4.78 is 8.42. The van der Waals surface area contributed by atoms with Crippen molar-refractivity contribution < 1.29 is 14.9 Å². The van der Waals surface area contributed by atoms with Gasteiger partial charge in [0.05, 0.1) is 37.4 Å². The second kappa shape index (κ2) is 9.50. The highest BCUT2D eigenvalue weighted by Gasteiger charge is 2.09. The van der Waals surface area contributed by atoms with Gasteiger partial charge in [-0.05, 0) is 17.7 Å². The van der Waals surface area contributed by atoms with Crippen molar-refractivity contribution in [3.8, 4) is 28.4 Å². The van der Waals surface area contributed by atoms with E-state index in [1.807, 2.05) is 37.5 Å². The van der Waals surface area contributed by atoms with E-state index in [0.717, 1.165) is 16.7 Å². The fraction of sp³-hybridized carbons (Fsp3) is 0.227. The fourth-order valence-corrected chi connectivity index (χ4v) is 3.04. The zero-order valence-corrected chi connectivity index (χ0v) is 17.4. The molecule has 3 heterocycles. The first-order valence-electron chi connectivity index (χ1n) is 9.92. The summed E-state index contributed by atoms with van der Waals surface area (Å²) in [5.41, 5.74) is 2.94. The van der Waals surface area contributed by atoms with Crippen molar-refractivity contribution >= 4 is 0 Å². The summed E-state index contributed by atoms with van der Waals surface area (Å²) >= 11 is 0. The van der Waals surface area contributed by atoms with Crippen LogP contribution in [0.15, 0.2) is 66.0 Å². The highest BCUT2D eigenvalue weighted by atomic mass is 16.5. The second-order valence-electron chi connectivity index (χ2n) is 7.21. The molecule has 0 aliphatic carbocycles. The molecule has 0 radical (unpaired) electrons. The highest BCUT2D eigenvalue weighted by molar-refractivity contribution is 5.57. The number of aliphatic hydroxyl groups is 2. The van der Waals surface area contributed by atoms with Crippen LogP contribution >= 0.6 is 0 Å². The van der Waals surface area contributed by atoms with Crippen LogP contribution in [0.25, 0.3) is 22.6 Å². The topological polar surface area (TPSA) is 128 Å². The van der Waals surface area contributed by atoms with Gasteiger partial charge in [-0.3, -0.25) is 9.48 Å². The van der Waals surface area contributed by atoms with E-state index in [1.165, 1.54) is 23.1 Å². The molecule has 4 rings (SSSR count). The molecule has 4 aromatic rings. The quantitative estimate of drug-likeness (QED) is 0.418.